The van der Waals surface area contributed by atoms with Crippen LogP contribution in [-0.4, -0.2) is 11.9 Å². The lowest BCUT2D eigenvalue weighted by molar-refractivity contribution is -0.141. The van der Waals surface area contributed by atoms with Gasteiger partial charge in [0.05, 0.1) is 0 Å². The van der Waals surface area contributed by atoms with Gasteiger partial charge in [0.1, 0.15) is 24.7 Å². The molecule has 1 N–H and O–H groups in total. The number of nitrogens with one attached hydrogen (secondary N) is 1. The van der Waals surface area contributed by atoms with E-state index >= 15 is 0 Å². The first kappa shape index (κ1) is 15.8. The molecule has 0 aromatic heterocycles. The van der Waals surface area contributed by atoms with Crippen LogP contribution in [0, 0.1) is 0 Å². The third kappa shape index (κ3) is 3.81. The highest BCUT2D eigenvalue weighted by Gasteiger charge is 2.18. The van der Waals surface area contributed by atoms with Gasteiger partial charge in [0.2, 0.25) is 5.91 Å². The molecule has 0 atom stereocenters. The molecule has 0 saturated carbocycles. The molecule has 0 bridgehead atoms. The van der Waals surface area contributed by atoms with Gasteiger partial charge in [-0.2, -0.15) is 0 Å². The maximum absolute atomic E-state index is 11.9. The van der Waals surface area contributed by atoms with Crippen LogP contribution < -0.4 is 10.1 Å². The summed E-state index contributed by atoms with van der Waals surface area (Å²) in [7, 11) is 0. The Morgan fingerprint density at radius 1 is 1.21 bits per heavy atom. The van der Waals surface area contributed by atoms with Crippen molar-refractivity contribution in [3.63, 3.8) is 0 Å². The first-order valence-electron chi connectivity index (χ1n) is 7.58. The van der Waals surface area contributed by atoms with Crippen LogP contribution in [0.15, 0.2) is 54.2 Å². The zero-order chi connectivity index (χ0) is 16.9. The van der Waals surface area contributed by atoms with Crippen LogP contribution in [0.1, 0.15) is 23.6 Å². The van der Waals surface area contributed by atoms with E-state index in [9.17, 15) is 9.59 Å². The largest absolute Gasteiger partial charge is 0.489 e. The highest BCUT2D eigenvalue weighted by atomic mass is 16.5. The summed E-state index contributed by atoms with van der Waals surface area (Å²) in [5.41, 5.74) is 2.86. The Labute approximate surface area is 139 Å². The summed E-state index contributed by atoms with van der Waals surface area (Å²) < 4.78 is 11.0. The topological polar surface area (TPSA) is 64.6 Å². The van der Waals surface area contributed by atoms with Crippen molar-refractivity contribution in [3.05, 3.63) is 70.9 Å². The predicted octanol–water partition coefficient (Wildman–Crippen LogP) is 2.80. The Bertz CT molecular complexity index is 796. The smallest absolute Gasteiger partial charge is 0.355 e. The second-order valence-corrected chi connectivity index (χ2v) is 5.45. The number of esters is 1. The molecule has 0 aliphatic carbocycles. The lowest BCUT2D eigenvalue weighted by Gasteiger charge is -2.09. The predicted molar refractivity (Wildman–Crippen MR) is 88.8 cm³/mol. The van der Waals surface area contributed by atoms with Gasteiger partial charge in [-0.25, -0.2) is 4.79 Å². The zero-order valence-electron chi connectivity index (χ0n) is 13.2. The van der Waals surface area contributed by atoms with Crippen LogP contribution >= 0.6 is 0 Å². The number of cyclic esters (lactones) is 1. The number of fused-ring (bicyclic) bond motifs is 1. The average molecular weight is 323 g/mol. The number of benzene rings is 2. The second-order valence-electron chi connectivity index (χ2n) is 5.45. The van der Waals surface area contributed by atoms with Gasteiger partial charge in [0.25, 0.3) is 0 Å². The van der Waals surface area contributed by atoms with Crippen molar-refractivity contribution in [1.29, 1.82) is 0 Å². The van der Waals surface area contributed by atoms with Crippen molar-refractivity contribution in [3.8, 4) is 5.75 Å². The molecule has 5 heteroatoms. The molecular formula is C19H17NO4. The number of hydrogen-bond donors (Lipinski definition) is 1. The van der Waals surface area contributed by atoms with E-state index in [1.54, 1.807) is 6.08 Å². The minimum Gasteiger partial charge on any atom is -0.489 e. The fourth-order valence-corrected chi connectivity index (χ4v) is 2.39. The molecule has 0 fully saturated rings. The molecule has 1 amide bonds. The number of hydrogen-bond acceptors (Lipinski definition) is 4. The molecule has 2 aromatic carbocycles. The molecule has 0 saturated heterocycles. The SMILES string of the molecule is CC(=O)NC1=Cc2ccc(OCc3ccccc3)cc2COC1=O. The third-order valence-corrected chi connectivity index (χ3v) is 3.55. The van der Waals surface area contributed by atoms with Crippen LogP contribution in [0.2, 0.25) is 0 Å². The summed E-state index contributed by atoms with van der Waals surface area (Å²) in [6.45, 7) is 1.95. The maximum atomic E-state index is 11.9. The number of carbonyl (C=O) groups is 2. The van der Waals surface area contributed by atoms with Gasteiger partial charge in [0, 0.05) is 12.5 Å². The molecule has 1 aliphatic rings. The van der Waals surface area contributed by atoms with Crippen molar-refractivity contribution in [2.45, 2.75) is 20.1 Å². The van der Waals surface area contributed by atoms with Crippen LogP contribution in [0.3, 0.4) is 0 Å². The summed E-state index contributed by atoms with van der Waals surface area (Å²) in [5, 5.41) is 2.49. The Morgan fingerprint density at radius 3 is 2.75 bits per heavy atom. The van der Waals surface area contributed by atoms with E-state index in [1.807, 2.05) is 48.5 Å². The Hall–Kier alpha value is -3.08. The van der Waals surface area contributed by atoms with Gasteiger partial charge in [-0.15, -0.1) is 0 Å². The molecule has 1 heterocycles. The molecule has 2 aromatic rings. The minimum absolute atomic E-state index is 0.135. The fourth-order valence-electron chi connectivity index (χ4n) is 2.39. The first-order valence-corrected chi connectivity index (χ1v) is 7.58. The number of rotatable bonds is 4. The fraction of sp³-hybridized carbons (Fsp3) is 0.158. The molecule has 0 unspecified atom stereocenters. The lowest BCUT2D eigenvalue weighted by atomic mass is 10.1. The van der Waals surface area contributed by atoms with Gasteiger partial charge >= 0.3 is 5.97 Å². The van der Waals surface area contributed by atoms with Crippen molar-refractivity contribution >= 4 is 18.0 Å². The van der Waals surface area contributed by atoms with Crippen LogP contribution in [0.4, 0.5) is 0 Å². The van der Waals surface area contributed by atoms with Crippen LogP contribution in [0.25, 0.3) is 6.08 Å². The first-order chi connectivity index (χ1) is 11.6. The Balaban J connectivity index is 1.78. The van der Waals surface area contributed by atoms with E-state index in [0.717, 1.165) is 16.7 Å². The molecule has 122 valence electrons. The van der Waals surface area contributed by atoms with Gasteiger partial charge in [-0.1, -0.05) is 36.4 Å². The van der Waals surface area contributed by atoms with Gasteiger partial charge < -0.3 is 14.8 Å². The normalized spacial score (nSPS) is 13.2. The summed E-state index contributed by atoms with van der Waals surface area (Å²) >= 11 is 0. The second kappa shape index (κ2) is 7.00. The van der Waals surface area contributed by atoms with Crippen molar-refractivity contribution < 1.29 is 19.1 Å². The molecule has 5 nitrogen and oxygen atoms in total. The van der Waals surface area contributed by atoms with Gasteiger partial charge in [-0.05, 0) is 29.3 Å². The van der Waals surface area contributed by atoms with Crippen molar-refractivity contribution in [1.82, 2.24) is 5.32 Å². The maximum Gasteiger partial charge on any atom is 0.355 e. The highest BCUT2D eigenvalue weighted by Crippen LogP contribution is 2.24. The Morgan fingerprint density at radius 2 is 2.00 bits per heavy atom. The highest BCUT2D eigenvalue weighted by molar-refractivity contribution is 5.98. The van der Waals surface area contributed by atoms with Gasteiger partial charge in [-0.3, -0.25) is 4.79 Å². The number of ether oxygens (including phenoxy) is 2. The lowest BCUT2D eigenvalue weighted by Crippen LogP contribution is -2.25. The Kier molecular flexibility index (Phi) is 4.61. The molecule has 24 heavy (non-hydrogen) atoms. The molecular weight excluding hydrogens is 306 g/mol. The molecule has 0 radical (unpaired) electrons. The van der Waals surface area contributed by atoms with Crippen LogP contribution in [0.5, 0.6) is 5.75 Å². The molecule has 3 rings (SSSR count). The van der Waals surface area contributed by atoms with Gasteiger partial charge in [0.15, 0.2) is 0 Å². The summed E-state index contributed by atoms with van der Waals surface area (Å²) in [6, 6.07) is 15.4. The zero-order valence-corrected chi connectivity index (χ0v) is 13.2. The summed E-state index contributed by atoms with van der Waals surface area (Å²) in [5.74, 6) is -0.164. The monoisotopic (exact) mass is 323 g/mol. The molecule has 0 spiro atoms. The van der Waals surface area contributed by atoms with E-state index in [-0.39, 0.29) is 18.2 Å². The van der Waals surface area contributed by atoms with E-state index in [2.05, 4.69) is 5.32 Å². The van der Waals surface area contributed by atoms with E-state index in [4.69, 9.17) is 9.47 Å². The molecule has 1 aliphatic heterocycles. The third-order valence-electron chi connectivity index (χ3n) is 3.55. The summed E-state index contributed by atoms with van der Waals surface area (Å²) in [6.07, 6.45) is 1.62. The standard InChI is InChI=1S/C19H17NO4/c1-13(21)20-18-10-15-7-8-17(9-16(15)12-24-19(18)22)23-11-14-5-3-2-4-6-14/h2-10H,11-12H2,1H3,(H,20,21). The van der Waals surface area contributed by atoms with Crippen LogP contribution in [-0.2, 0) is 27.5 Å². The quantitative estimate of drug-likeness (QED) is 0.879. The average Bonchev–Trinajstić information content (AvgIpc) is 2.73. The minimum atomic E-state index is -0.548. The van der Waals surface area contributed by atoms with Crippen molar-refractivity contribution in [2.24, 2.45) is 0 Å². The van der Waals surface area contributed by atoms with E-state index < -0.39 is 5.97 Å². The van der Waals surface area contributed by atoms with E-state index in [0.29, 0.717) is 12.4 Å². The summed E-state index contributed by atoms with van der Waals surface area (Å²) in [4.78, 5) is 23.1. The van der Waals surface area contributed by atoms with E-state index in [1.165, 1.54) is 6.92 Å². The number of amides is 1. The van der Waals surface area contributed by atoms with Crippen molar-refractivity contribution in [2.75, 3.05) is 0 Å². The number of carbonyl (C=O) groups excluding carboxylic acids is 2.